The van der Waals surface area contributed by atoms with Crippen LogP contribution >= 0.6 is 0 Å². The summed E-state index contributed by atoms with van der Waals surface area (Å²) in [5.74, 6) is 1.09. The molecule has 0 aromatic carbocycles. The Bertz CT molecular complexity index is 162. The van der Waals surface area contributed by atoms with Crippen molar-refractivity contribution in [2.75, 3.05) is 13.2 Å². The van der Waals surface area contributed by atoms with Gasteiger partial charge in [0.15, 0.2) is 0 Å². The van der Waals surface area contributed by atoms with Crippen LogP contribution in [0.25, 0.3) is 0 Å². The topological polar surface area (TPSA) is 21.3 Å². The van der Waals surface area contributed by atoms with Crippen molar-refractivity contribution in [2.45, 2.75) is 57.6 Å². The Balaban J connectivity index is 1.39. The van der Waals surface area contributed by atoms with Crippen LogP contribution in [0.2, 0.25) is 0 Å². The molecule has 2 rings (SSSR count). The lowest BCUT2D eigenvalue weighted by atomic mass is 9.89. The Labute approximate surface area is 87.4 Å². The lowest BCUT2D eigenvalue weighted by Gasteiger charge is -2.35. The molecule has 0 radical (unpaired) electrons. The molecule has 2 aliphatic rings. The van der Waals surface area contributed by atoms with Crippen molar-refractivity contribution >= 4 is 0 Å². The number of ether oxygens (including phenoxy) is 1. The molecular weight excluding hydrogens is 174 g/mol. The van der Waals surface area contributed by atoms with E-state index >= 15 is 0 Å². The first-order valence-electron chi connectivity index (χ1n) is 6.23. The zero-order chi connectivity index (χ0) is 9.80. The molecule has 0 atom stereocenters. The maximum Gasteiger partial charge on any atom is 0.0604 e. The van der Waals surface area contributed by atoms with Crippen LogP contribution in [0.5, 0.6) is 0 Å². The first-order valence-corrected chi connectivity index (χ1v) is 6.23. The van der Waals surface area contributed by atoms with Gasteiger partial charge in [-0.3, -0.25) is 0 Å². The maximum atomic E-state index is 5.52. The molecule has 2 nitrogen and oxygen atoms in total. The molecule has 2 heteroatoms. The fraction of sp³-hybridized carbons (Fsp3) is 1.00. The molecule has 2 fully saturated rings. The number of nitrogens with one attached hydrogen (secondary N) is 1. The van der Waals surface area contributed by atoms with Crippen LogP contribution in [-0.4, -0.2) is 25.3 Å². The highest BCUT2D eigenvalue weighted by Crippen LogP contribution is 2.33. The van der Waals surface area contributed by atoms with Gasteiger partial charge < -0.3 is 10.1 Å². The Morgan fingerprint density at radius 3 is 2.71 bits per heavy atom. The lowest BCUT2D eigenvalue weighted by Crippen LogP contribution is -2.45. The summed E-state index contributed by atoms with van der Waals surface area (Å²) in [5, 5.41) is 3.61. The third kappa shape index (κ3) is 3.25. The third-order valence-corrected chi connectivity index (χ3v) is 3.42. The third-order valence-electron chi connectivity index (χ3n) is 3.42. The van der Waals surface area contributed by atoms with Gasteiger partial charge in [-0.05, 0) is 45.1 Å². The number of hydrogen-bond donors (Lipinski definition) is 1. The lowest BCUT2D eigenvalue weighted by molar-refractivity contribution is -0.00977. The second kappa shape index (κ2) is 5.13. The van der Waals surface area contributed by atoms with Crippen molar-refractivity contribution < 1.29 is 4.74 Å². The highest BCUT2D eigenvalue weighted by molar-refractivity contribution is 4.86. The van der Waals surface area contributed by atoms with E-state index in [0.717, 1.165) is 18.6 Å². The van der Waals surface area contributed by atoms with Crippen LogP contribution in [0.4, 0.5) is 0 Å². The summed E-state index contributed by atoms with van der Waals surface area (Å²) in [6, 6.07) is 0.755. The minimum absolute atomic E-state index is 0.556. The molecule has 0 aromatic rings. The summed E-state index contributed by atoms with van der Waals surface area (Å²) in [6.45, 7) is 4.18. The van der Waals surface area contributed by atoms with Crippen LogP contribution in [-0.2, 0) is 4.74 Å². The summed E-state index contributed by atoms with van der Waals surface area (Å²) >= 11 is 0. The largest absolute Gasteiger partial charge is 0.378 e. The second-order valence-corrected chi connectivity index (χ2v) is 4.79. The second-order valence-electron chi connectivity index (χ2n) is 4.79. The molecule has 0 saturated heterocycles. The Morgan fingerprint density at radius 2 is 2.07 bits per heavy atom. The Hall–Kier alpha value is -0.0800. The van der Waals surface area contributed by atoms with Gasteiger partial charge in [-0.2, -0.15) is 0 Å². The minimum atomic E-state index is 0.556. The number of hydrogen-bond acceptors (Lipinski definition) is 2. The van der Waals surface area contributed by atoms with Crippen LogP contribution < -0.4 is 5.32 Å². The molecule has 0 spiro atoms. The molecule has 82 valence electrons. The van der Waals surface area contributed by atoms with E-state index in [0.29, 0.717) is 6.10 Å². The van der Waals surface area contributed by atoms with Gasteiger partial charge in [0.05, 0.1) is 6.10 Å². The van der Waals surface area contributed by atoms with E-state index in [1.807, 2.05) is 0 Å². The number of rotatable bonds is 7. The van der Waals surface area contributed by atoms with E-state index in [1.165, 1.54) is 45.1 Å². The van der Waals surface area contributed by atoms with Crippen molar-refractivity contribution in [1.29, 1.82) is 0 Å². The Morgan fingerprint density at radius 1 is 1.29 bits per heavy atom. The molecule has 0 amide bonds. The van der Waals surface area contributed by atoms with Gasteiger partial charge in [0.2, 0.25) is 0 Å². The van der Waals surface area contributed by atoms with Gasteiger partial charge in [-0.1, -0.05) is 12.8 Å². The van der Waals surface area contributed by atoms with Crippen molar-refractivity contribution in [3.05, 3.63) is 0 Å². The molecule has 1 N–H and O–H groups in total. The highest BCUT2D eigenvalue weighted by Gasteiger charge is 2.28. The van der Waals surface area contributed by atoms with Gasteiger partial charge in [0.1, 0.15) is 0 Å². The van der Waals surface area contributed by atoms with Crippen molar-refractivity contribution in [3.8, 4) is 0 Å². The van der Waals surface area contributed by atoms with Gasteiger partial charge in [0.25, 0.3) is 0 Å². The summed E-state index contributed by atoms with van der Waals surface area (Å²) in [4.78, 5) is 0. The predicted molar refractivity (Wildman–Crippen MR) is 58.4 cm³/mol. The summed E-state index contributed by atoms with van der Waals surface area (Å²) in [5.41, 5.74) is 0. The predicted octanol–water partition coefficient (Wildman–Crippen LogP) is 2.33. The molecular formula is C12H23NO. The van der Waals surface area contributed by atoms with Crippen molar-refractivity contribution in [3.63, 3.8) is 0 Å². The maximum absolute atomic E-state index is 5.52. The molecule has 0 bridgehead atoms. The van der Waals surface area contributed by atoms with Crippen LogP contribution in [0.1, 0.15) is 45.4 Å². The Kier molecular flexibility index (Phi) is 3.82. The van der Waals surface area contributed by atoms with E-state index in [4.69, 9.17) is 4.74 Å². The molecule has 0 aromatic heterocycles. The fourth-order valence-electron chi connectivity index (χ4n) is 2.21. The molecule has 2 aliphatic carbocycles. The van der Waals surface area contributed by atoms with Crippen LogP contribution in [0, 0.1) is 5.92 Å². The molecule has 0 unspecified atom stereocenters. The molecule has 2 saturated carbocycles. The van der Waals surface area contributed by atoms with E-state index in [9.17, 15) is 0 Å². The molecule has 14 heavy (non-hydrogen) atoms. The zero-order valence-corrected chi connectivity index (χ0v) is 9.30. The summed E-state index contributed by atoms with van der Waals surface area (Å²) in [7, 11) is 0. The smallest absolute Gasteiger partial charge is 0.0604 e. The molecule has 0 heterocycles. The summed E-state index contributed by atoms with van der Waals surface area (Å²) < 4.78 is 5.52. The fourth-order valence-corrected chi connectivity index (χ4v) is 2.21. The van der Waals surface area contributed by atoms with E-state index in [-0.39, 0.29) is 0 Å². The van der Waals surface area contributed by atoms with Gasteiger partial charge in [0, 0.05) is 12.6 Å². The SMILES string of the molecule is CCOC1CC(NCCCC2CC2)C1. The van der Waals surface area contributed by atoms with Crippen molar-refractivity contribution in [1.82, 2.24) is 5.32 Å². The van der Waals surface area contributed by atoms with Crippen LogP contribution in [0.15, 0.2) is 0 Å². The average molecular weight is 197 g/mol. The minimum Gasteiger partial charge on any atom is -0.378 e. The van der Waals surface area contributed by atoms with E-state index in [1.54, 1.807) is 0 Å². The zero-order valence-electron chi connectivity index (χ0n) is 9.30. The highest BCUT2D eigenvalue weighted by atomic mass is 16.5. The van der Waals surface area contributed by atoms with E-state index < -0.39 is 0 Å². The van der Waals surface area contributed by atoms with Gasteiger partial charge >= 0.3 is 0 Å². The van der Waals surface area contributed by atoms with Gasteiger partial charge in [-0.25, -0.2) is 0 Å². The quantitative estimate of drug-likeness (QED) is 0.632. The van der Waals surface area contributed by atoms with Gasteiger partial charge in [-0.15, -0.1) is 0 Å². The first kappa shape index (κ1) is 10.4. The monoisotopic (exact) mass is 197 g/mol. The normalized spacial score (nSPS) is 31.5. The van der Waals surface area contributed by atoms with E-state index in [2.05, 4.69) is 12.2 Å². The first-order chi connectivity index (χ1) is 6.88. The molecule has 0 aliphatic heterocycles. The standard InChI is InChI=1S/C12H23NO/c1-2-14-12-8-11(9-12)13-7-3-4-10-5-6-10/h10-13H,2-9H2,1H3. The van der Waals surface area contributed by atoms with Crippen molar-refractivity contribution in [2.24, 2.45) is 5.92 Å². The average Bonchev–Trinajstić information content (AvgIpc) is 2.90. The summed E-state index contributed by atoms with van der Waals surface area (Å²) in [6.07, 6.45) is 8.84. The van der Waals surface area contributed by atoms with Crippen LogP contribution in [0.3, 0.4) is 0 Å².